The molecule has 2 atom stereocenters. The minimum Gasteiger partial charge on any atom is -0.355 e. The highest BCUT2D eigenvalue weighted by molar-refractivity contribution is 5.81. The molecule has 0 saturated carbocycles. The molecule has 0 spiro atoms. The van der Waals surface area contributed by atoms with Gasteiger partial charge in [0.25, 0.3) is 0 Å². The number of hydrogen-bond acceptors (Lipinski definition) is 2. The van der Waals surface area contributed by atoms with E-state index >= 15 is 0 Å². The van der Waals surface area contributed by atoms with Crippen LogP contribution in [-0.2, 0) is 4.79 Å². The van der Waals surface area contributed by atoms with Crippen LogP contribution in [0.25, 0.3) is 0 Å². The van der Waals surface area contributed by atoms with E-state index < -0.39 is 0 Å². The maximum absolute atomic E-state index is 11.9. The summed E-state index contributed by atoms with van der Waals surface area (Å²) in [5, 5.41) is 6.21. The molecule has 2 N–H and O–H groups in total. The van der Waals surface area contributed by atoms with Crippen molar-refractivity contribution in [2.45, 2.75) is 38.6 Å². The normalized spacial score (nSPS) is 23.7. The van der Waals surface area contributed by atoms with Gasteiger partial charge in [-0.25, -0.2) is 0 Å². The molecule has 0 bridgehead atoms. The number of aryl methyl sites for hydroxylation is 1. The quantitative estimate of drug-likeness (QED) is 0.856. The van der Waals surface area contributed by atoms with Crippen molar-refractivity contribution in [3.63, 3.8) is 0 Å². The Hall–Kier alpha value is -1.35. The van der Waals surface area contributed by atoms with E-state index in [1.165, 1.54) is 11.1 Å². The summed E-state index contributed by atoms with van der Waals surface area (Å²) < 4.78 is 0. The molecule has 1 saturated heterocycles. The minimum absolute atomic E-state index is 0.0386. The Morgan fingerprint density at radius 1 is 1.44 bits per heavy atom. The van der Waals surface area contributed by atoms with Gasteiger partial charge in [0.2, 0.25) is 5.91 Å². The number of carbonyl (C=O) groups is 1. The largest absolute Gasteiger partial charge is 0.355 e. The van der Waals surface area contributed by atoms with Crippen LogP contribution in [0.1, 0.15) is 36.8 Å². The molecule has 2 unspecified atom stereocenters. The third-order valence-corrected chi connectivity index (χ3v) is 3.70. The summed E-state index contributed by atoms with van der Waals surface area (Å²) in [5.74, 6) is 0.635. The average molecular weight is 246 g/mol. The van der Waals surface area contributed by atoms with Crippen molar-refractivity contribution in [3.8, 4) is 0 Å². The summed E-state index contributed by atoms with van der Waals surface area (Å²) in [5.41, 5.74) is 2.73. The summed E-state index contributed by atoms with van der Waals surface area (Å²) in [7, 11) is 0. The highest BCUT2D eigenvalue weighted by Gasteiger charge is 2.27. The molecule has 1 heterocycles. The number of nitrogens with one attached hydrogen (secondary N) is 2. The number of likely N-dealkylation sites (N-methyl/N-ethyl adjacent to an activating group) is 1. The molecular weight excluding hydrogens is 224 g/mol. The lowest BCUT2D eigenvalue weighted by molar-refractivity contribution is -0.123. The van der Waals surface area contributed by atoms with E-state index in [4.69, 9.17) is 0 Å². The van der Waals surface area contributed by atoms with Crippen LogP contribution < -0.4 is 10.6 Å². The van der Waals surface area contributed by atoms with Gasteiger partial charge in [0.15, 0.2) is 0 Å². The fourth-order valence-corrected chi connectivity index (χ4v) is 2.74. The van der Waals surface area contributed by atoms with Crippen molar-refractivity contribution in [3.05, 3.63) is 35.4 Å². The zero-order valence-corrected chi connectivity index (χ0v) is 11.2. The van der Waals surface area contributed by atoms with Crippen LogP contribution in [0.5, 0.6) is 0 Å². The Morgan fingerprint density at radius 2 is 2.22 bits per heavy atom. The molecule has 3 nitrogen and oxygen atoms in total. The minimum atomic E-state index is -0.0386. The van der Waals surface area contributed by atoms with E-state index in [2.05, 4.69) is 41.8 Å². The zero-order valence-electron chi connectivity index (χ0n) is 11.2. The molecule has 18 heavy (non-hydrogen) atoms. The first-order chi connectivity index (χ1) is 8.72. The molecule has 98 valence electrons. The second-order valence-electron chi connectivity index (χ2n) is 4.98. The summed E-state index contributed by atoms with van der Waals surface area (Å²) in [4.78, 5) is 11.9. The van der Waals surface area contributed by atoms with Crippen LogP contribution in [-0.4, -0.2) is 25.0 Å². The fourth-order valence-electron chi connectivity index (χ4n) is 2.74. The van der Waals surface area contributed by atoms with Gasteiger partial charge >= 0.3 is 0 Å². The predicted octanol–water partition coefficient (Wildman–Crippen LogP) is 1.97. The molecular formula is C15H22N2O. The Kier molecular flexibility index (Phi) is 4.37. The third-order valence-electron chi connectivity index (χ3n) is 3.70. The molecule has 1 aliphatic heterocycles. The van der Waals surface area contributed by atoms with Crippen molar-refractivity contribution in [2.75, 3.05) is 13.1 Å². The van der Waals surface area contributed by atoms with E-state index in [-0.39, 0.29) is 11.9 Å². The van der Waals surface area contributed by atoms with Crippen LogP contribution in [0.15, 0.2) is 24.3 Å². The fraction of sp³-hybridized carbons (Fsp3) is 0.533. The zero-order chi connectivity index (χ0) is 13.0. The summed E-state index contributed by atoms with van der Waals surface area (Å²) >= 11 is 0. The number of amides is 1. The van der Waals surface area contributed by atoms with Crippen LogP contribution in [0.4, 0.5) is 0 Å². The lowest BCUT2D eigenvalue weighted by Crippen LogP contribution is -2.48. The van der Waals surface area contributed by atoms with Gasteiger partial charge in [-0.3, -0.25) is 4.79 Å². The van der Waals surface area contributed by atoms with Gasteiger partial charge in [-0.15, -0.1) is 0 Å². The van der Waals surface area contributed by atoms with E-state index in [0.29, 0.717) is 12.5 Å². The van der Waals surface area contributed by atoms with Gasteiger partial charge in [-0.05, 0) is 50.3 Å². The molecule has 1 fully saturated rings. The number of benzene rings is 1. The first-order valence-electron chi connectivity index (χ1n) is 6.79. The molecule has 1 aliphatic rings. The topological polar surface area (TPSA) is 41.1 Å². The summed E-state index contributed by atoms with van der Waals surface area (Å²) in [6, 6.07) is 8.47. The molecule has 1 amide bonds. The van der Waals surface area contributed by atoms with Crippen molar-refractivity contribution in [1.82, 2.24) is 10.6 Å². The van der Waals surface area contributed by atoms with Crippen molar-refractivity contribution < 1.29 is 4.79 Å². The SMILES string of the molecule is CCNC(=O)C1CC(c2ccccc2C)CCN1. The predicted molar refractivity (Wildman–Crippen MR) is 73.6 cm³/mol. The molecule has 1 aromatic rings. The van der Waals surface area contributed by atoms with Crippen molar-refractivity contribution in [1.29, 1.82) is 0 Å². The maximum Gasteiger partial charge on any atom is 0.237 e. The lowest BCUT2D eigenvalue weighted by atomic mass is 9.84. The summed E-state index contributed by atoms with van der Waals surface area (Å²) in [6.45, 7) is 5.73. The molecule has 0 radical (unpaired) electrons. The number of hydrogen-bond donors (Lipinski definition) is 2. The van der Waals surface area contributed by atoms with Crippen LogP contribution in [0, 0.1) is 6.92 Å². The molecule has 2 rings (SSSR count). The smallest absolute Gasteiger partial charge is 0.237 e. The first kappa shape index (κ1) is 13.1. The van der Waals surface area contributed by atoms with Gasteiger partial charge in [0, 0.05) is 6.54 Å². The third kappa shape index (κ3) is 2.91. The van der Waals surface area contributed by atoms with Crippen LogP contribution in [0.3, 0.4) is 0 Å². The Bertz CT molecular complexity index is 417. The standard InChI is InChI=1S/C15H22N2O/c1-3-16-15(18)14-10-12(8-9-17-14)13-7-5-4-6-11(13)2/h4-7,12,14,17H,3,8-10H2,1-2H3,(H,16,18). The lowest BCUT2D eigenvalue weighted by Gasteiger charge is -2.30. The van der Waals surface area contributed by atoms with Gasteiger partial charge in [-0.2, -0.15) is 0 Å². The Morgan fingerprint density at radius 3 is 2.94 bits per heavy atom. The Balaban J connectivity index is 2.07. The number of piperidine rings is 1. The second kappa shape index (κ2) is 6.01. The molecule has 1 aromatic carbocycles. The van der Waals surface area contributed by atoms with E-state index in [0.717, 1.165) is 19.4 Å². The van der Waals surface area contributed by atoms with Gasteiger partial charge in [-0.1, -0.05) is 24.3 Å². The van der Waals surface area contributed by atoms with E-state index in [1.807, 2.05) is 6.92 Å². The second-order valence-corrected chi connectivity index (χ2v) is 4.98. The molecule has 3 heteroatoms. The summed E-state index contributed by atoms with van der Waals surface area (Å²) in [6.07, 6.45) is 2.01. The van der Waals surface area contributed by atoms with E-state index in [9.17, 15) is 4.79 Å². The molecule has 0 aromatic heterocycles. The maximum atomic E-state index is 11.9. The average Bonchev–Trinajstić information content (AvgIpc) is 2.40. The van der Waals surface area contributed by atoms with Gasteiger partial charge in [0.05, 0.1) is 6.04 Å². The van der Waals surface area contributed by atoms with Crippen LogP contribution in [0.2, 0.25) is 0 Å². The number of carbonyl (C=O) groups excluding carboxylic acids is 1. The van der Waals surface area contributed by atoms with Crippen molar-refractivity contribution in [2.24, 2.45) is 0 Å². The highest BCUT2D eigenvalue weighted by atomic mass is 16.2. The van der Waals surface area contributed by atoms with Gasteiger partial charge in [0.1, 0.15) is 0 Å². The van der Waals surface area contributed by atoms with Gasteiger partial charge < -0.3 is 10.6 Å². The first-order valence-corrected chi connectivity index (χ1v) is 6.79. The Labute approximate surface area is 109 Å². The highest BCUT2D eigenvalue weighted by Crippen LogP contribution is 2.29. The van der Waals surface area contributed by atoms with Crippen LogP contribution >= 0.6 is 0 Å². The van der Waals surface area contributed by atoms with E-state index in [1.54, 1.807) is 0 Å². The monoisotopic (exact) mass is 246 g/mol. The molecule has 0 aliphatic carbocycles. The van der Waals surface area contributed by atoms with Crippen molar-refractivity contribution >= 4 is 5.91 Å². The number of rotatable bonds is 3.